The lowest BCUT2D eigenvalue weighted by Gasteiger charge is -1.92. The average Bonchev–Trinajstić information content (AvgIpc) is 2.61. The van der Waals surface area contributed by atoms with Gasteiger partial charge in [0.05, 0.1) is 12.1 Å². The zero-order valence-electron chi connectivity index (χ0n) is 8.80. The third-order valence-electron chi connectivity index (χ3n) is 2.14. The van der Waals surface area contributed by atoms with Crippen molar-refractivity contribution in [2.24, 2.45) is 5.73 Å². The first-order chi connectivity index (χ1) is 7.66. The number of carbonyl (C=O) groups is 1. The molecule has 0 bridgehead atoms. The molecule has 16 heavy (non-hydrogen) atoms. The highest BCUT2D eigenvalue weighted by Crippen LogP contribution is 2.27. The Labute approximate surface area is 97.2 Å². The van der Waals surface area contributed by atoms with E-state index in [1.165, 1.54) is 11.3 Å². The molecule has 2 aromatic rings. The first-order valence-corrected chi connectivity index (χ1v) is 5.63. The van der Waals surface area contributed by atoms with Gasteiger partial charge in [0.1, 0.15) is 5.01 Å². The maximum atomic E-state index is 10.9. The fraction of sp³-hybridized carbons (Fsp3) is 0.182. The summed E-state index contributed by atoms with van der Waals surface area (Å²) in [6, 6.07) is 3.80. The molecule has 0 saturated carbocycles. The lowest BCUT2D eigenvalue weighted by Crippen LogP contribution is -2.13. The Morgan fingerprint density at radius 1 is 1.56 bits per heavy atom. The molecule has 4 nitrogen and oxygen atoms in total. The summed E-state index contributed by atoms with van der Waals surface area (Å²) in [5, 5.41) is 0.877. The molecule has 2 heterocycles. The normalized spacial score (nSPS) is 10.3. The molecule has 0 atom stereocenters. The second-order valence-electron chi connectivity index (χ2n) is 3.41. The van der Waals surface area contributed by atoms with E-state index < -0.39 is 0 Å². The second-order valence-corrected chi connectivity index (χ2v) is 4.50. The molecule has 0 radical (unpaired) electrons. The maximum Gasteiger partial charge on any atom is 0.222 e. The highest BCUT2D eigenvalue weighted by Gasteiger charge is 2.11. The number of primary amides is 1. The van der Waals surface area contributed by atoms with E-state index in [0.29, 0.717) is 0 Å². The minimum Gasteiger partial charge on any atom is -0.369 e. The third-order valence-corrected chi connectivity index (χ3v) is 3.34. The average molecular weight is 233 g/mol. The first-order valence-electron chi connectivity index (χ1n) is 4.82. The predicted molar refractivity (Wildman–Crippen MR) is 63.0 cm³/mol. The van der Waals surface area contributed by atoms with Crippen LogP contribution in [0.2, 0.25) is 0 Å². The van der Waals surface area contributed by atoms with Gasteiger partial charge in [0.15, 0.2) is 0 Å². The predicted octanol–water partition coefficient (Wildman–Crippen LogP) is 1.54. The standard InChI is InChI=1S/C11H11N3OS/c1-7-9(5-10(12)15)16-11(14-7)8-3-2-4-13-6-8/h2-4,6H,5H2,1H3,(H2,12,15). The summed E-state index contributed by atoms with van der Waals surface area (Å²) in [6.07, 6.45) is 3.73. The molecule has 0 aliphatic carbocycles. The van der Waals surface area contributed by atoms with Gasteiger partial charge < -0.3 is 5.73 Å². The van der Waals surface area contributed by atoms with E-state index in [0.717, 1.165) is 21.1 Å². The summed E-state index contributed by atoms with van der Waals surface area (Å²) in [5.41, 5.74) is 7.00. The number of hydrogen-bond donors (Lipinski definition) is 1. The lowest BCUT2D eigenvalue weighted by atomic mass is 10.3. The molecule has 82 valence electrons. The summed E-state index contributed by atoms with van der Waals surface area (Å²) in [7, 11) is 0. The van der Waals surface area contributed by atoms with E-state index in [4.69, 9.17) is 5.73 Å². The second kappa shape index (κ2) is 4.40. The Hall–Kier alpha value is -1.75. The van der Waals surface area contributed by atoms with Gasteiger partial charge >= 0.3 is 0 Å². The van der Waals surface area contributed by atoms with Crippen LogP contribution in [0.5, 0.6) is 0 Å². The number of rotatable bonds is 3. The van der Waals surface area contributed by atoms with Crippen LogP contribution in [0.3, 0.4) is 0 Å². The molecule has 0 saturated heterocycles. The van der Waals surface area contributed by atoms with Gasteiger partial charge in [-0.1, -0.05) is 0 Å². The number of hydrogen-bond acceptors (Lipinski definition) is 4. The van der Waals surface area contributed by atoms with Crippen LogP contribution in [-0.2, 0) is 11.2 Å². The lowest BCUT2D eigenvalue weighted by molar-refractivity contribution is -0.117. The van der Waals surface area contributed by atoms with Gasteiger partial charge in [-0.05, 0) is 19.1 Å². The van der Waals surface area contributed by atoms with Crippen LogP contribution < -0.4 is 5.73 Å². The Morgan fingerprint density at radius 2 is 2.38 bits per heavy atom. The highest BCUT2D eigenvalue weighted by atomic mass is 32.1. The van der Waals surface area contributed by atoms with Crippen LogP contribution in [0.4, 0.5) is 0 Å². The third kappa shape index (κ3) is 2.25. The Balaban J connectivity index is 2.34. The van der Waals surface area contributed by atoms with Crippen LogP contribution in [-0.4, -0.2) is 15.9 Å². The van der Waals surface area contributed by atoms with Crippen LogP contribution in [0.15, 0.2) is 24.5 Å². The van der Waals surface area contributed by atoms with Crippen LogP contribution in [0.25, 0.3) is 10.6 Å². The van der Waals surface area contributed by atoms with Crippen molar-refractivity contribution in [1.82, 2.24) is 9.97 Å². The number of pyridine rings is 1. The van der Waals surface area contributed by atoms with Crippen molar-refractivity contribution in [3.8, 4) is 10.6 Å². The molecule has 0 aliphatic rings. The molecule has 2 aromatic heterocycles. The molecule has 0 aliphatic heterocycles. The highest BCUT2D eigenvalue weighted by molar-refractivity contribution is 7.15. The summed E-state index contributed by atoms with van der Waals surface area (Å²) < 4.78 is 0. The Morgan fingerprint density at radius 3 is 3.00 bits per heavy atom. The molecule has 1 amide bonds. The number of carbonyl (C=O) groups excluding carboxylic acids is 1. The molecule has 5 heteroatoms. The van der Waals surface area contributed by atoms with Gasteiger partial charge in [0.2, 0.25) is 5.91 Å². The number of thiazole rings is 1. The minimum atomic E-state index is -0.329. The Bertz CT molecular complexity index is 507. The molecular weight excluding hydrogens is 222 g/mol. The molecular formula is C11H11N3OS. The smallest absolute Gasteiger partial charge is 0.222 e. The van der Waals surface area contributed by atoms with E-state index >= 15 is 0 Å². The van der Waals surface area contributed by atoms with Gasteiger partial charge in [-0.15, -0.1) is 11.3 Å². The topological polar surface area (TPSA) is 68.9 Å². The van der Waals surface area contributed by atoms with Gasteiger partial charge in [0, 0.05) is 22.8 Å². The van der Waals surface area contributed by atoms with Crippen LogP contribution in [0, 0.1) is 6.92 Å². The number of aromatic nitrogens is 2. The van der Waals surface area contributed by atoms with Gasteiger partial charge in [-0.25, -0.2) is 4.98 Å². The Kier molecular flexibility index (Phi) is 2.96. The molecule has 2 rings (SSSR count). The fourth-order valence-electron chi connectivity index (χ4n) is 1.36. The van der Waals surface area contributed by atoms with E-state index in [1.807, 2.05) is 19.1 Å². The van der Waals surface area contributed by atoms with Crippen LogP contribution in [0.1, 0.15) is 10.6 Å². The number of aryl methyl sites for hydroxylation is 1. The summed E-state index contributed by atoms with van der Waals surface area (Å²) in [6.45, 7) is 1.88. The van der Waals surface area contributed by atoms with Crippen molar-refractivity contribution < 1.29 is 4.79 Å². The number of nitrogens with zero attached hydrogens (tertiary/aromatic N) is 2. The van der Waals surface area contributed by atoms with Crippen molar-refractivity contribution >= 4 is 17.2 Å². The van der Waals surface area contributed by atoms with E-state index in [-0.39, 0.29) is 12.3 Å². The van der Waals surface area contributed by atoms with E-state index in [2.05, 4.69) is 9.97 Å². The summed E-state index contributed by atoms with van der Waals surface area (Å²) in [5.74, 6) is -0.329. The molecule has 0 unspecified atom stereocenters. The van der Waals surface area contributed by atoms with E-state index in [9.17, 15) is 4.79 Å². The monoisotopic (exact) mass is 233 g/mol. The quantitative estimate of drug-likeness (QED) is 0.874. The first kappa shape index (κ1) is 10.8. The SMILES string of the molecule is Cc1nc(-c2cccnc2)sc1CC(N)=O. The molecule has 2 N–H and O–H groups in total. The number of amides is 1. The summed E-state index contributed by atoms with van der Waals surface area (Å²) >= 11 is 1.49. The molecule has 0 fully saturated rings. The van der Waals surface area contributed by atoms with Crippen molar-refractivity contribution in [2.75, 3.05) is 0 Å². The van der Waals surface area contributed by atoms with Crippen LogP contribution >= 0.6 is 11.3 Å². The van der Waals surface area contributed by atoms with Gasteiger partial charge in [-0.2, -0.15) is 0 Å². The maximum absolute atomic E-state index is 10.9. The largest absolute Gasteiger partial charge is 0.369 e. The van der Waals surface area contributed by atoms with Gasteiger partial charge in [-0.3, -0.25) is 9.78 Å². The van der Waals surface area contributed by atoms with Crippen molar-refractivity contribution in [2.45, 2.75) is 13.3 Å². The zero-order valence-corrected chi connectivity index (χ0v) is 9.62. The van der Waals surface area contributed by atoms with E-state index in [1.54, 1.807) is 12.4 Å². The number of nitrogens with two attached hydrogens (primary N) is 1. The van der Waals surface area contributed by atoms with Crippen molar-refractivity contribution in [3.63, 3.8) is 0 Å². The summed E-state index contributed by atoms with van der Waals surface area (Å²) in [4.78, 5) is 20.2. The molecule has 0 spiro atoms. The zero-order chi connectivity index (χ0) is 11.5. The van der Waals surface area contributed by atoms with Crippen molar-refractivity contribution in [1.29, 1.82) is 0 Å². The molecule has 0 aromatic carbocycles. The fourth-order valence-corrected chi connectivity index (χ4v) is 2.43. The van der Waals surface area contributed by atoms with Crippen molar-refractivity contribution in [3.05, 3.63) is 35.1 Å². The minimum absolute atomic E-state index is 0.254. The van der Waals surface area contributed by atoms with Gasteiger partial charge in [0.25, 0.3) is 0 Å².